The van der Waals surface area contributed by atoms with Crippen molar-refractivity contribution in [3.05, 3.63) is 47.7 Å². The number of rotatable bonds is 4. The van der Waals surface area contributed by atoms with Gasteiger partial charge in [0.25, 0.3) is 0 Å². The lowest BCUT2D eigenvalue weighted by Gasteiger charge is -2.59. The summed E-state index contributed by atoms with van der Waals surface area (Å²) in [7, 11) is -5.64. The second-order valence-corrected chi connectivity index (χ2v) is 13.1. The molecule has 0 aromatic heterocycles. The highest BCUT2D eigenvalue weighted by atomic mass is 32.2. The molecule has 36 heavy (non-hydrogen) atoms. The van der Waals surface area contributed by atoms with Gasteiger partial charge >= 0.3 is 21.6 Å². The molecule has 0 amide bonds. The molecule has 2 unspecified atom stereocenters. The predicted molar refractivity (Wildman–Crippen MR) is 127 cm³/mol. The average molecular weight is 527 g/mol. The fourth-order valence-electron chi connectivity index (χ4n) is 8.02. The maximum Gasteiger partial charge on any atom is 0.534 e. The molecule has 0 bridgehead atoms. The molecule has 4 aliphatic carbocycles. The number of benzene rings is 1. The van der Waals surface area contributed by atoms with Crippen molar-refractivity contribution in [2.45, 2.75) is 76.8 Å². The van der Waals surface area contributed by atoms with E-state index >= 15 is 0 Å². The van der Waals surface area contributed by atoms with Gasteiger partial charge in [0.05, 0.1) is 5.56 Å². The molecule has 198 valence electrons. The SMILES string of the molecule is C[C@]12CC=C(OS(=O)(=O)C(F)(F)F)CC1CC[C@@H]1[C@@H]2CC[C@]2(C)C(OC(=O)c3ccccc3)CC[C@@H]12. The molecule has 0 aliphatic heterocycles. The summed E-state index contributed by atoms with van der Waals surface area (Å²) in [4.78, 5) is 12.8. The van der Waals surface area contributed by atoms with Crippen molar-refractivity contribution < 1.29 is 35.3 Å². The Hall–Kier alpha value is -2.03. The molecular formula is C27H33F3O5S. The number of ether oxygens (including phenoxy) is 1. The highest BCUT2D eigenvalue weighted by Crippen LogP contribution is 2.66. The van der Waals surface area contributed by atoms with Crippen LogP contribution in [0.3, 0.4) is 0 Å². The number of fused-ring (bicyclic) bond motifs is 5. The summed E-state index contributed by atoms with van der Waals surface area (Å²) in [6, 6.07) is 9.06. The molecule has 3 fully saturated rings. The molecule has 7 atom stereocenters. The van der Waals surface area contributed by atoms with Crippen LogP contribution in [-0.4, -0.2) is 26.0 Å². The van der Waals surface area contributed by atoms with Crippen LogP contribution >= 0.6 is 0 Å². The average Bonchev–Trinajstić information content (AvgIpc) is 3.15. The zero-order valence-corrected chi connectivity index (χ0v) is 21.4. The van der Waals surface area contributed by atoms with Gasteiger partial charge in [-0.3, -0.25) is 0 Å². The van der Waals surface area contributed by atoms with Crippen LogP contribution in [0.2, 0.25) is 0 Å². The lowest BCUT2D eigenvalue weighted by atomic mass is 9.46. The first-order valence-corrected chi connectivity index (χ1v) is 14.2. The van der Waals surface area contributed by atoms with E-state index < -0.39 is 15.6 Å². The van der Waals surface area contributed by atoms with E-state index in [0.29, 0.717) is 29.7 Å². The second-order valence-electron chi connectivity index (χ2n) is 11.6. The normalized spacial score (nSPS) is 38.2. The van der Waals surface area contributed by atoms with Gasteiger partial charge in [-0.25, -0.2) is 4.79 Å². The van der Waals surface area contributed by atoms with Crippen molar-refractivity contribution in [3.8, 4) is 0 Å². The van der Waals surface area contributed by atoms with Gasteiger partial charge in [-0.15, -0.1) is 0 Å². The summed E-state index contributed by atoms with van der Waals surface area (Å²) < 4.78 is 72.0. The van der Waals surface area contributed by atoms with Crippen molar-refractivity contribution in [1.29, 1.82) is 0 Å². The van der Waals surface area contributed by atoms with E-state index in [9.17, 15) is 26.4 Å². The number of alkyl halides is 3. The van der Waals surface area contributed by atoms with E-state index in [0.717, 1.165) is 38.5 Å². The summed E-state index contributed by atoms with van der Waals surface area (Å²) >= 11 is 0. The number of hydrogen-bond donors (Lipinski definition) is 0. The number of carbonyl (C=O) groups excluding carboxylic acids is 1. The number of esters is 1. The fourth-order valence-corrected chi connectivity index (χ4v) is 8.53. The maximum absolute atomic E-state index is 12.8. The number of hydrogen-bond acceptors (Lipinski definition) is 5. The highest BCUT2D eigenvalue weighted by Gasteiger charge is 2.61. The van der Waals surface area contributed by atoms with Crippen molar-refractivity contribution in [2.75, 3.05) is 0 Å². The standard InChI is InChI=1S/C27H33F3O5S/c1-25-14-12-19(35-36(32,33)27(28,29)30)16-18(25)8-9-20-21-10-11-23(26(21,2)15-13-22(20)25)34-24(31)17-6-4-3-5-7-17/h3-7,12,18,20-23H,8-11,13-16H2,1-2H3/t18?,20-,21-,22-,23?,25-,26-/m0/s1. The first-order valence-electron chi connectivity index (χ1n) is 12.8. The van der Waals surface area contributed by atoms with Crippen LogP contribution in [0, 0.1) is 34.5 Å². The van der Waals surface area contributed by atoms with Crippen molar-refractivity contribution in [3.63, 3.8) is 0 Å². The Bertz CT molecular complexity index is 1150. The van der Waals surface area contributed by atoms with Gasteiger partial charge in [0.1, 0.15) is 11.9 Å². The van der Waals surface area contributed by atoms with Crippen LogP contribution in [0.4, 0.5) is 13.2 Å². The minimum Gasteiger partial charge on any atom is -0.458 e. The van der Waals surface area contributed by atoms with Crippen molar-refractivity contribution in [2.24, 2.45) is 34.5 Å². The van der Waals surface area contributed by atoms with Crippen LogP contribution in [0.15, 0.2) is 42.2 Å². The third kappa shape index (κ3) is 4.15. The van der Waals surface area contributed by atoms with Crippen LogP contribution in [0.5, 0.6) is 0 Å². The summed E-state index contributed by atoms with van der Waals surface area (Å²) in [5.74, 6) is 1.01. The van der Waals surface area contributed by atoms with Gasteiger partial charge in [-0.1, -0.05) is 32.0 Å². The Labute approximate surface area is 210 Å². The Balaban J connectivity index is 1.31. The molecule has 0 saturated heterocycles. The monoisotopic (exact) mass is 526 g/mol. The highest BCUT2D eigenvalue weighted by molar-refractivity contribution is 7.87. The van der Waals surface area contributed by atoms with E-state index in [1.165, 1.54) is 0 Å². The summed E-state index contributed by atoms with van der Waals surface area (Å²) in [5.41, 5.74) is -5.07. The lowest BCUT2D eigenvalue weighted by molar-refractivity contribution is -0.113. The van der Waals surface area contributed by atoms with E-state index in [1.807, 2.05) is 18.2 Å². The van der Waals surface area contributed by atoms with Crippen LogP contribution < -0.4 is 0 Å². The zero-order chi connectivity index (χ0) is 25.9. The summed E-state index contributed by atoms with van der Waals surface area (Å²) in [5, 5.41) is 0. The number of carbonyl (C=O) groups is 1. The number of allylic oxidation sites excluding steroid dienone is 2. The van der Waals surface area contributed by atoms with E-state index in [-0.39, 0.29) is 41.0 Å². The third-order valence-electron chi connectivity index (χ3n) is 9.95. The molecule has 0 heterocycles. The molecular weight excluding hydrogens is 493 g/mol. The topological polar surface area (TPSA) is 69.7 Å². The van der Waals surface area contributed by atoms with E-state index in [4.69, 9.17) is 4.74 Å². The second kappa shape index (κ2) is 8.77. The van der Waals surface area contributed by atoms with Gasteiger partial charge in [0, 0.05) is 11.8 Å². The van der Waals surface area contributed by atoms with Gasteiger partial charge in [0.15, 0.2) is 0 Å². The van der Waals surface area contributed by atoms with Crippen LogP contribution in [0.1, 0.15) is 75.6 Å². The molecule has 0 radical (unpaired) electrons. The molecule has 1 aromatic rings. The summed E-state index contributed by atoms with van der Waals surface area (Å²) in [6.07, 6.45) is 7.68. The fraction of sp³-hybridized carbons (Fsp3) is 0.667. The summed E-state index contributed by atoms with van der Waals surface area (Å²) in [6.45, 7) is 4.47. The van der Waals surface area contributed by atoms with Gasteiger partial charge in [-0.05, 0) is 92.2 Å². The molecule has 1 aromatic carbocycles. The van der Waals surface area contributed by atoms with E-state index in [2.05, 4.69) is 18.0 Å². The molecule has 5 nitrogen and oxygen atoms in total. The first-order chi connectivity index (χ1) is 16.8. The van der Waals surface area contributed by atoms with Gasteiger partial charge in [-0.2, -0.15) is 21.6 Å². The third-order valence-corrected chi connectivity index (χ3v) is 11.0. The maximum atomic E-state index is 12.8. The Morgan fingerprint density at radius 2 is 1.67 bits per heavy atom. The minimum atomic E-state index is -5.64. The first kappa shape index (κ1) is 25.6. The number of halogens is 3. The largest absolute Gasteiger partial charge is 0.534 e. The Kier molecular flexibility index (Phi) is 6.24. The smallest absolute Gasteiger partial charge is 0.458 e. The molecule has 0 N–H and O–H groups in total. The van der Waals surface area contributed by atoms with Gasteiger partial charge in [0.2, 0.25) is 0 Å². The molecule has 5 rings (SSSR count). The zero-order valence-electron chi connectivity index (χ0n) is 20.6. The predicted octanol–water partition coefficient (Wildman–Crippen LogP) is 6.61. The lowest BCUT2D eigenvalue weighted by Crippen LogP contribution is -2.53. The van der Waals surface area contributed by atoms with Gasteiger partial charge < -0.3 is 8.92 Å². The minimum absolute atomic E-state index is 0.0809. The Morgan fingerprint density at radius 3 is 2.36 bits per heavy atom. The van der Waals surface area contributed by atoms with Crippen LogP contribution in [0.25, 0.3) is 0 Å². The van der Waals surface area contributed by atoms with E-state index in [1.54, 1.807) is 18.2 Å². The Morgan fingerprint density at radius 1 is 0.972 bits per heavy atom. The van der Waals surface area contributed by atoms with Crippen molar-refractivity contribution in [1.82, 2.24) is 0 Å². The van der Waals surface area contributed by atoms with Crippen molar-refractivity contribution >= 4 is 16.1 Å². The molecule has 4 aliphatic rings. The molecule has 3 saturated carbocycles. The quantitative estimate of drug-likeness (QED) is 0.251. The molecule has 0 spiro atoms. The molecule has 9 heteroatoms. The van der Waals surface area contributed by atoms with Crippen LogP contribution in [-0.2, 0) is 19.0 Å².